The number of aromatic nitrogens is 2. The molecular formula is C22H29FN3O9P. The lowest BCUT2D eigenvalue weighted by Crippen LogP contribution is -2.44. The molecule has 0 bridgehead atoms. The number of alkyl halides is 1. The molecule has 1 saturated heterocycles. The number of para-hydroxylation sites is 1. The predicted octanol–water partition coefficient (Wildman–Crippen LogP) is 1.51. The summed E-state index contributed by atoms with van der Waals surface area (Å²) in [6.07, 6.45) is -3.79. The minimum Gasteiger partial charge on any atom is -0.468 e. The highest BCUT2D eigenvalue weighted by Gasteiger charge is 2.56. The van der Waals surface area contributed by atoms with Gasteiger partial charge in [0.2, 0.25) is 0 Å². The van der Waals surface area contributed by atoms with E-state index in [-0.39, 0.29) is 11.7 Å². The lowest BCUT2D eigenvalue weighted by atomic mass is 9.98. The first kappa shape index (κ1) is 27.8. The number of hydrogen-bond donors (Lipinski definition) is 3. The number of carbonyl (C=O) groups is 1. The SMILES string of the molecule is COC(=O)C(NP(=O)(OC[C@H]1O[C@@H](n2ccc(=O)[nH]c2=O)[C@](C)(F)[C@@H]1O)Oc1ccccc1)C(C)C. The molecule has 0 radical (unpaired) electrons. The second-order valence-corrected chi connectivity index (χ2v) is 10.4. The van der Waals surface area contributed by atoms with Crippen LogP contribution in [-0.4, -0.2) is 58.3 Å². The van der Waals surface area contributed by atoms with Crippen molar-refractivity contribution in [3.63, 3.8) is 0 Å². The summed E-state index contributed by atoms with van der Waals surface area (Å²) in [5.41, 5.74) is -4.12. The van der Waals surface area contributed by atoms with E-state index in [1.807, 2.05) is 4.98 Å². The molecule has 2 heterocycles. The number of ether oxygens (including phenoxy) is 2. The van der Waals surface area contributed by atoms with Gasteiger partial charge in [-0.25, -0.2) is 13.8 Å². The normalized spacial score (nSPS) is 26.4. The highest BCUT2D eigenvalue weighted by Crippen LogP contribution is 2.47. The second kappa shape index (κ2) is 11.1. The van der Waals surface area contributed by atoms with Crippen LogP contribution >= 0.6 is 7.75 Å². The number of H-pyrrole nitrogens is 1. The largest absolute Gasteiger partial charge is 0.468 e. The van der Waals surface area contributed by atoms with Crippen molar-refractivity contribution >= 4 is 13.7 Å². The lowest BCUT2D eigenvalue weighted by Gasteiger charge is -2.27. The van der Waals surface area contributed by atoms with Crippen LogP contribution in [0.5, 0.6) is 5.75 Å². The fourth-order valence-corrected chi connectivity index (χ4v) is 5.28. The highest BCUT2D eigenvalue weighted by atomic mass is 31.2. The van der Waals surface area contributed by atoms with Gasteiger partial charge < -0.3 is 19.1 Å². The molecule has 2 unspecified atom stereocenters. The first-order chi connectivity index (χ1) is 16.9. The Hall–Kier alpha value is -2.83. The Morgan fingerprint density at radius 2 is 1.97 bits per heavy atom. The van der Waals surface area contributed by atoms with E-state index in [1.54, 1.807) is 32.0 Å². The van der Waals surface area contributed by atoms with Gasteiger partial charge in [-0.1, -0.05) is 32.0 Å². The third kappa shape index (κ3) is 6.11. The van der Waals surface area contributed by atoms with Gasteiger partial charge >= 0.3 is 19.4 Å². The molecule has 36 heavy (non-hydrogen) atoms. The molecule has 1 aliphatic heterocycles. The van der Waals surface area contributed by atoms with Crippen LogP contribution in [0.4, 0.5) is 4.39 Å². The Kier molecular flexibility index (Phi) is 8.52. The van der Waals surface area contributed by atoms with Crippen molar-refractivity contribution in [2.75, 3.05) is 13.7 Å². The van der Waals surface area contributed by atoms with Gasteiger partial charge in [0.25, 0.3) is 5.56 Å². The molecule has 1 aromatic carbocycles. The number of carbonyl (C=O) groups excluding carboxylic acids is 1. The Bertz CT molecular complexity index is 1220. The lowest BCUT2D eigenvalue weighted by molar-refractivity contribution is -0.143. The van der Waals surface area contributed by atoms with Crippen LogP contribution in [0.3, 0.4) is 0 Å². The van der Waals surface area contributed by atoms with E-state index in [9.17, 15) is 24.1 Å². The zero-order valence-corrected chi connectivity index (χ0v) is 21.0. The van der Waals surface area contributed by atoms with Gasteiger partial charge in [-0.15, -0.1) is 0 Å². The zero-order valence-electron chi connectivity index (χ0n) is 20.1. The standard InChI is InChI=1S/C22H29FN3O9P/c1-13(2)17(19(29)32-4)25-36(31,35-14-8-6-5-7-9-14)33-12-15-18(28)22(3,23)20(34-15)26-11-10-16(27)24-21(26)30/h5-11,13,15,17-18,20,28H,12H2,1-4H3,(H,25,31)(H,24,27,30)/t15-,17?,18-,20-,22-,36?/m1/s1. The summed E-state index contributed by atoms with van der Waals surface area (Å²) in [5.74, 6) is -0.939. The maximum atomic E-state index is 15.5. The van der Waals surface area contributed by atoms with Crippen LogP contribution in [0.1, 0.15) is 27.0 Å². The van der Waals surface area contributed by atoms with Crippen molar-refractivity contribution in [2.24, 2.45) is 5.92 Å². The molecule has 0 saturated carbocycles. The van der Waals surface area contributed by atoms with Gasteiger partial charge in [-0.3, -0.25) is 23.7 Å². The van der Waals surface area contributed by atoms with Crippen LogP contribution in [0.25, 0.3) is 0 Å². The van der Waals surface area contributed by atoms with Gasteiger partial charge in [-0.2, -0.15) is 5.09 Å². The van der Waals surface area contributed by atoms with Gasteiger partial charge in [0.15, 0.2) is 11.9 Å². The quantitative estimate of drug-likeness (QED) is 0.304. The summed E-state index contributed by atoms with van der Waals surface area (Å²) < 4.78 is 51.3. The summed E-state index contributed by atoms with van der Waals surface area (Å²) in [7, 11) is -3.15. The molecule has 1 aromatic heterocycles. The highest BCUT2D eigenvalue weighted by molar-refractivity contribution is 7.52. The van der Waals surface area contributed by atoms with E-state index in [1.165, 1.54) is 19.2 Å². The number of rotatable bonds is 10. The summed E-state index contributed by atoms with van der Waals surface area (Å²) in [4.78, 5) is 37.8. The maximum absolute atomic E-state index is 15.5. The van der Waals surface area contributed by atoms with Crippen molar-refractivity contribution in [2.45, 2.75) is 50.9 Å². The van der Waals surface area contributed by atoms with E-state index in [0.29, 0.717) is 0 Å². The minimum absolute atomic E-state index is 0.154. The number of halogens is 1. The molecule has 1 aliphatic rings. The van der Waals surface area contributed by atoms with Crippen LogP contribution in [0.2, 0.25) is 0 Å². The predicted molar refractivity (Wildman–Crippen MR) is 125 cm³/mol. The topological polar surface area (TPSA) is 158 Å². The van der Waals surface area contributed by atoms with Crippen LogP contribution in [0.15, 0.2) is 52.2 Å². The van der Waals surface area contributed by atoms with Crippen LogP contribution in [-0.2, 0) is 23.4 Å². The van der Waals surface area contributed by atoms with Crippen LogP contribution < -0.4 is 20.9 Å². The van der Waals surface area contributed by atoms with Crippen molar-refractivity contribution in [3.05, 3.63) is 63.4 Å². The molecule has 198 valence electrons. The van der Waals surface area contributed by atoms with Crippen molar-refractivity contribution in [1.82, 2.24) is 14.6 Å². The summed E-state index contributed by atoms with van der Waals surface area (Å²) in [6.45, 7) is 3.75. The first-order valence-corrected chi connectivity index (χ1v) is 12.6. The first-order valence-electron chi connectivity index (χ1n) is 11.1. The molecule has 6 atom stereocenters. The molecule has 0 aliphatic carbocycles. The van der Waals surface area contributed by atoms with Crippen molar-refractivity contribution in [1.29, 1.82) is 0 Å². The third-order valence-corrected chi connectivity index (χ3v) is 7.15. The Labute approximate surface area is 205 Å². The number of benzene rings is 1. The number of nitrogens with one attached hydrogen (secondary N) is 2. The van der Waals surface area contributed by atoms with Crippen molar-refractivity contribution < 1.29 is 37.4 Å². The average Bonchev–Trinajstić information content (AvgIpc) is 3.05. The summed E-state index contributed by atoms with van der Waals surface area (Å²) in [5, 5.41) is 13.1. The van der Waals surface area contributed by atoms with E-state index in [0.717, 1.165) is 23.8 Å². The van der Waals surface area contributed by atoms with Gasteiger partial charge in [0, 0.05) is 12.3 Å². The van der Waals surface area contributed by atoms with E-state index < -0.39 is 61.7 Å². The fraction of sp³-hybridized carbons (Fsp3) is 0.500. The molecule has 12 nitrogen and oxygen atoms in total. The molecule has 3 rings (SSSR count). The number of hydrogen-bond acceptors (Lipinski definition) is 9. The fourth-order valence-electron chi connectivity index (χ4n) is 3.62. The van der Waals surface area contributed by atoms with Gasteiger partial charge in [0.05, 0.1) is 13.7 Å². The number of aliphatic hydroxyl groups is 1. The molecule has 14 heteroatoms. The molecule has 0 amide bonds. The Balaban J connectivity index is 1.85. The smallest absolute Gasteiger partial charge is 0.459 e. The van der Waals surface area contributed by atoms with E-state index in [2.05, 4.69) is 5.09 Å². The molecular weight excluding hydrogens is 500 g/mol. The monoisotopic (exact) mass is 529 g/mol. The number of esters is 1. The zero-order chi connectivity index (χ0) is 26.7. The van der Waals surface area contributed by atoms with Crippen molar-refractivity contribution in [3.8, 4) is 5.75 Å². The molecule has 2 aromatic rings. The van der Waals surface area contributed by atoms with E-state index >= 15 is 4.39 Å². The molecule has 0 spiro atoms. The number of methoxy groups -OCH3 is 1. The van der Waals surface area contributed by atoms with Gasteiger partial charge in [0.1, 0.15) is 24.0 Å². The number of nitrogens with zero attached hydrogens (tertiary/aromatic N) is 1. The molecule has 1 fully saturated rings. The number of aromatic amines is 1. The minimum atomic E-state index is -4.33. The molecule has 3 N–H and O–H groups in total. The Morgan fingerprint density at radius 1 is 1.31 bits per heavy atom. The van der Waals surface area contributed by atoms with Gasteiger partial charge in [-0.05, 0) is 25.0 Å². The Morgan fingerprint density at radius 3 is 2.56 bits per heavy atom. The average molecular weight is 529 g/mol. The maximum Gasteiger partial charge on any atom is 0.459 e. The third-order valence-electron chi connectivity index (χ3n) is 5.62. The number of aliphatic hydroxyl groups excluding tert-OH is 1. The summed E-state index contributed by atoms with van der Waals surface area (Å²) >= 11 is 0. The van der Waals surface area contributed by atoms with E-state index in [4.69, 9.17) is 18.5 Å². The van der Waals surface area contributed by atoms with Crippen LogP contribution in [0, 0.1) is 5.92 Å². The second-order valence-electron chi connectivity index (χ2n) is 8.71. The summed E-state index contributed by atoms with van der Waals surface area (Å²) in [6, 6.07) is 7.91.